The van der Waals surface area contributed by atoms with Crippen LogP contribution in [0.4, 0.5) is 0 Å². The number of ether oxygens (including phenoxy) is 1. The molecule has 0 N–H and O–H groups in total. The largest absolute Gasteiger partial charge is 0.467 e. The van der Waals surface area contributed by atoms with Crippen LogP contribution < -0.4 is 0 Å². The molecule has 1 aliphatic heterocycles. The van der Waals surface area contributed by atoms with E-state index in [-0.39, 0.29) is 34.5 Å². The summed E-state index contributed by atoms with van der Waals surface area (Å²) < 4.78 is 4.94. The minimum absolute atomic E-state index is 0.0795. The van der Waals surface area contributed by atoms with E-state index < -0.39 is 6.04 Å². The molecule has 1 heterocycles. The average Bonchev–Trinajstić information content (AvgIpc) is 2.75. The molecule has 20 heavy (non-hydrogen) atoms. The van der Waals surface area contributed by atoms with Crippen LogP contribution in [0.3, 0.4) is 0 Å². The van der Waals surface area contributed by atoms with Crippen LogP contribution in [-0.2, 0) is 14.3 Å². The molecule has 4 atom stereocenters. The van der Waals surface area contributed by atoms with Gasteiger partial charge in [0.1, 0.15) is 6.04 Å². The normalized spacial score (nSPS) is 32.5. The number of amides is 1. The fraction of sp³-hybridized carbons (Fsp3) is 0.875. The van der Waals surface area contributed by atoms with Gasteiger partial charge in [0, 0.05) is 18.4 Å². The van der Waals surface area contributed by atoms with E-state index in [0.29, 0.717) is 12.5 Å². The first-order chi connectivity index (χ1) is 9.03. The fourth-order valence-electron chi connectivity index (χ4n) is 3.52. The first kappa shape index (κ1) is 15.3. The van der Waals surface area contributed by atoms with Gasteiger partial charge in [-0.15, -0.1) is 0 Å². The topological polar surface area (TPSA) is 46.6 Å². The molecule has 2 rings (SSSR count). The molecule has 0 aromatic carbocycles. The van der Waals surface area contributed by atoms with Crippen molar-refractivity contribution in [3.05, 3.63) is 0 Å². The van der Waals surface area contributed by atoms with Gasteiger partial charge in [-0.1, -0.05) is 41.5 Å². The Hall–Kier alpha value is -1.06. The summed E-state index contributed by atoms with van der Waals surface area (Å²) in [6, 6.07) is -0.391. The molecule has 2 aliphatic rings. The van der Waals surface area contributed by atoms with Crippen LogP contribution in [0.25, 0.3) is 0 Å². The van der Waals surface area contributed by atoms with Crippen molar-refractivity contribution in [2.75, 3.05) is 13.7 Å². The first-order valence-electron chi connectivity index (χ1n) is 7.41. The second kappa shape index (κ2) is 4.47. The zero-order valence-corrected chi connectivity index (χ0v) is 13.7. The smallest absolute Gasteiger partial charge is 0.328 e. The summed E-state index contributed by atoms with van der Waals surface area (Å²) in [5.74, 6) is 0.400. The predicted octanol–water partition coefficient (Wildman–Crippen LogP) is 2.32. The number of carbonyl (C=O) groups is 2. The maximum absolute atomic E-state index is 12.7. The summed E-state index contributed by atoms with van der Waals surface area (Å²) in [5, 5.41) is 0. The number of hydrogen-bond acceptors (Lipinski definition) is 3. The molecular weight excluding hydrogens is 254 g/mol. The third kappa shape index (κ3) is 2.13. The summed E-state index contributed by atoms with van der Waals surface area (Å²) in [5.41, 5.74) is 0.0562. The Bertz CT molecular complexity index is 435. The highest BCUT2D eigenvalue weighted by Gasteiger charge is 2.70. The Labute approximate surface area is 121 Å². The summed E-state index contributed by atoms with van der Waals surface area (Å²) >= 11 is 0. The number of likely N-dealkylation sites (tertiary alicyclic amines) is 1. The molecule has 1 aliphatic carbocycles. The lowest BCUT2D eigenvalue weighted by Crippen LogP contribution is -2.49. The molecule has 0 unspecified atom stereocenters. The minimum atomic E-state index is -0.391. The van der Waals surface area contributed by atoms with Gasteiger partial charge in [-0.2, -0.15) is 0 Å². The molecule has 0 radical (unpaired) electrons. The summed E-state index contributed by atoms with van der Waals surface area (Å²) in [4.78, 5) is 26.6. The van der Waals surface area contributed by atoms with Gasteiger partial charge in [0.05, 0.1) is 7.11 Å². The van der Waals surface area contributed by atoms with Gasteiger partial charge in [-0.05, 0) is 16.7 Å². The van der Waals surface area contributed by atoms with Crippen molar-refractivity contribution in [2.45, 2.75) is 47.6 Å². The van der Waals surface area contributed by atoms with E-state index in [1.165, 1.54) is 7.11 Å². The standard InChI is InChI=1S/C16H27NO3/c1-9(15(2,3)4)13(18)17-8-10-11(16(10,5)6)12(17)14(19)20-7/h9-12H,8H2,1-7H3/t9-,10+,11+,12+/m1/s1. The Morgan fingerprint density at radius 2 is 1.85 bits per heavy atom. The van der Waals surface area contributed by atoms with Gasteiger partial charge in [-0.3, -0.25) is 4.79 Å². The summed E-state index contributed by atoms with van der Waals surface area (Å²) in [6.07, 6.45) is 0. The third-order valence-corrected chi connectivity index (χ3v) is 5.60. The highest BCUT2D eigenvalue weighted by Crippen LogP contribution is 2.65. The van der Waals surface area contributed by atoms with Crippen LogP contribution in [0.15, 0.2) is 0 Å². The Morgan fingerprint density at radius 1 is 1.30 bits per heavy atom. The van der Waals surface area contributed by atoms with Gasteiger partial charge in [0.2, 0.25) is 5.91 Å². The molecule has 2 fully saturated rings. The van der Waals surface area contributed by atoms with E-state index in [1.54, 1.807) is 4.90 Å². The number of nitrogens with zero attached hydrogens (tertiary/aromatic N) is 1. The second-order valence-electron chi connectivity index (χ2n) is 8.00. The van der Waals surface area contributed by atoms with Crippen LogP contribution in [-0.4, -0.2) is 36.5 Å². The molecule has 1 amide bonds. The SMILES string of the molecule is COC(=O)[C@@H]1[C@@H]2[C@H](CN1C(=O)[C@@H](C)C(C)(C)C)C2(C)C. The van der Waals surface area contributed by atoms with Gasteiger partial charge in [0.25, 0.3) is 0 Å². The van der Waals surface area contributed by atoms with Crippen molar-refractivity contribution in [1.29, 1.82) is 0 Å². The molecule has 0 spiro atoms. The fourth-order valence-corrected chi connectivity index (χ4v) is 3.52. The Kier molecular flexibility index (Phi) is 3.43. The van der Waals surface area contributed by atoms with Gasteiger partial charge >= 0.3 is 5.97 Å². The lowest BCUT2D eigenvalue weighted by atomic mass is 9.81. The van der Waals surface area contributed by atoms with Crippen LogP contribution in [0.5, 0.6) is 0 Å². The molecule has 1 saturated carbocycles. The van der Waals surface area contributed by atoms with Crippen molar-refractivity contribution in [3.8, 4) is 0 Å². The van der Waals surface area contributed by atoms with E-state index in [9.17, 15) is 9.59 Å². The van der Waals surface area contributed by atoms with E-state index in [2.05, 4.69) is 34.6 Å². The summed E-state index contributed by atoms with van der Waals surface area (Å²) in [7, 11) is 1.40. The van der Waals surface area contributed by atoms with Gasteiger partial charge in [0.15, 0.2) is 0 Å². The maximum atomic E-state index is 12.7. The second-order valence-corrected chi connectivity index (χ2v) is 8.00. The maximum Gasteiger partial charge on any atom is 0.328 e. The molecular formula is C16H27NO3. The monoisotopic (exact) mass is 281 g/mol. The zero-order chi connectivity index (χ0) is 15.5. The number of esters is 1. The molecule has 0 aromatic rings. The van der Waals surface area contributed by atoms with Crippen LogP contribution in [0, 0.1) is 28.6 Å². The van der Waals surface area contributed by atoms with E-state index >= 15 is 0 Å². The number of rotatable bonds is 2. The number of hydrogen-bond donors (Lipinski definition) is 0. The zero-order valence-electron chi connectivity index (χ0n) is 13.7. The molecule has 1 saturated heterocycles. The van der Waals surface area contributed by atoms with Crippen molar-refractivity contribution in [1.82, 2.24) is 4.90 Å². The van der Waals surface area contributed by atoms with Crippen molar-refractivity contribution >= 4 is 11.9 Å². The number of fused-ring (bicyclic) bond motifs is 1. The molecule has 4 heteroatoms. The van der Waals surface area contributed by atoms with Crippen LogP contribution >= 0.6 is 0 Å². The lowest BCUT2D eigenvalue weighted by molar-refractivity contribution is -0.155. The minimum Gasteiger partial charge on any atom is -0.467 e. The highest BCUT2D eigenvalue weighted by molar-refractivity contribution is 5.88. The van der Waals surface area contributed by atoms with E-state index in [0.717, 1.165) is 0 Å². The van der Waals surface area contributed by atoms with Crippen molar-refractivity contribution in [3.63, 3.8) is 0 Å². The lowest BCUT2D eigenvalue weighted by Gasteiger charge is -2.35. The first-order valence-corrected chi connectivity index (χ1v) is 7.41. The number of piperidine rings is 1. The quantitative estimate of drug-likeness (QED) is 0.730. The molecule has 0 aromatic heterocycles. The average molecular weight is 281 g/mol. The van der Waals surface area contributed by atoms with Crippen molar-refractivity contribution < 1.29 is 14.3 Å². The molecule has 114 valence electrons. The van der Waals surface area contributed by atoms with E-state index in [4.69, 9.17) is 4.74 Å². The number of carbonyl (C=O) groups excluding carboxylic acids is 2. The third-order valence-electron chi connectivity index (χ3n) is 5.60. The summed E-state index contributed by atoms with van der Waals surface area (Å²) in [6.45, 7) is 13.2. The van der Waals surface area contributed by atoms with Crippen LogP contribution in [0.2, 0.25) is 0 Å². The number of methoxy groups -OCH3 is 1. The van der Waals surface area contributed by atoms with Gasteiger partial charge in [-0.25, -0.2) is 4.79 Å². The molecule has 4 nitrogen and oxygen atoms in total. The molecule has 0 bridgehead atoms. The van der Waals surface area contributed by atoms with Crippen molar-refractivity contribution in [2.24, 2.45) is 28.6 Å². The van der Waals surface area contributed by atoms with Crippen LogP contribution in [0.1, 0.15) is 41.5 Å². The Morgan fingerprint density at radius 3 is 2.30 bits per heavy atom. The Balaban J connectivity index is 2.21. The van der Waals surface area contributed by atoms with Gasteiger partial charge < -0.3 is 9.64 Å². The predicted molar refractivity (Wildman–Crippen MR) is 76.9 cm³/mol. The van der Waals surface area contributed by atoms with E-state index in [1.807, 2.05) is 6.92 Å². The highest BCUT2D eigenvalue weighted by atomic mass is 16.5.